The topological polar surface area (TPSA) is 92.3 Å². The number of sulfonamides is 1. The zero-order chi connectivity index (χ0) is 14.5. The fourth-order valence-electron chi connectivity index (χ4n) is 1.24. The quantitative estimate of drug-likeness (QED) is 0.853. The average molecular weight is 305 g/mol. The van der Waals surface area contributed by atoms with Crippen molar-refractivity contribution in [3.05, 3.63) is 29.3 Å². The Balaban J connectivity index is 2.40. The summed E-state index contributed by atoms with van der Waals surface area (Å²) in [6, 6.07) is 6.48. The van der Waals surface area contributed by atoms with Gasteiger partial charge in [-0.1, -0.05) is 11.6 Å². The molecule has 0 aliphatic heterocycles. The summed E-state index contributed by atoms with van der Waals surface area (Å²) in [4.78, 5) is 22.7. The maximum absolute atomic E-state index is 11.5. The van der Waals surface area contributed by atoms with Gasteiger partial charge in [-0.25, -0.2) is 8.42 Å². The molecule has 2 N–H and O–H groups in total. The molecule has 0 spiro atoms. The van der Waals surface area contributed by atoms with E-state index in [9.17, 15) is 18.0 Å². The van der Waals surface area contributed by atoms with E-state index < -0.39 is 15.9 Å². The molecule has 0 bridgehead atoms. The van der Waals surface area contributed by atoms with Crippen molar-refractivity contribution in [2.24, 2.45) is 0 Å². The average Bonchev–Trinajstić information content (AvgIpc) is 2.27. The van der Waals surface area contributed by atoms with Crippen molar-refractivity contribution in [1.82, 2.24) is 4.72 Å². The van der Waals surface area contributed by atoms with E-state index in [4.69, 9.17) is 11.6 Å². The lowest BCUT2D eigenvalue weighted by Gasteiger charge is -2.05. The Morgan fingerprint density at radius 3 is 2.16 bits per heavy atom. The molecule has 0 atom stereocenters. The predicted octanol–water partition coefficient (Wildman–Crippen LogP) is 1.13. The van der Waals surface area contributed by atoms with Crippen LogP contribution in [0.3, 0.4) is 0 Å². The number of rotatable bonds is 5. The van der Waals surface area contributed by atoms with Gasteiger partial charge in [0.25, 0.3) is 0 Å². The smallest absolute Gasteiger partial charge is 0.233 e. The second-order valence-electron chi connectivity index (χ2n) is 3.85. The highest BCUT2D eigenvalue weighted by Gasteiger charge is 2.11. The van der Waals surface area contributed by atoms with Crippen molar-refractivity contribution < 1.29 is 18.0 Å². The van der Waals surface area contributed by atoms with Gasteiger partial charge in [0.2, 0.25) is 21.8 Å². The van der Waals surface area contributed by atoms with Crippen LogP contribution in [0.15, 0.2) is 24.3 Å². The second-order valence-corrected chi connectivity index (χ2v) is 6.04. The van der Waals surface area contributed by atoms with E-state index in [1.165, 1.54) is 0 Å². The van der Waals surface area contributed by atoms with Gasteiger partial charge in [0, 0.05) is 23.6 Å². The molecule has 0 radical (unpaired) electrons. The summed E-state index contributed by atoms with van der Waals surface area (Å²) in [5.74, 6) is -1.10. The first-order chi connectivity index (χ1) is 8.76. The first-order valence-corrected chi connectivity index (χ1v) is 7.59. The minimum atomic E-state index is -3.58. The van der Waals surface area contributed by atoms with E-state index >= 15 is 0 Å². The lowest BCUT2D eigenvalue weighted by atomic mass is 10.2. The van der Waals surface area contributed by atoms with Crippen LogP contribution in [0.4, 0.5) is 5.69 Å². The third kappa shape index (κ3) is 6.78. The number of carbonyl (C=O) groups is 2. The van der Waals surface area contributed by atoms with Crippen LogP contribution in [-0.4, -0.2) is 26.5 Å². The molecule has 0 aliphatic carbocycles. The summed E-state index contributed by atoms with van der Waals surface area (Å²) < 4.78 is 23.3. The van der Waals surface area contributed by atoms with Gasteiger partial charge < -0.3 is 5.32 Å². The highest BCUT2D eigenvalue weighted by molar-refractivity contribution is 7.89. The lowest BCUT2D eigenvalue weighted by molar-refractivity contribution is -0.123. The van der Waals surface area contributed by atoms with E-state index in [-0.39, 0.29) is 18.7 Å². The van der Waals surface area contributed by atoms with Crippen molar-refractivity contribution >= 4 is 39.1 Å². The van der Waals surface area contributed by atoms with Crippen molar-refractivity contribution in [3.8, 4) is 0 Å². The number of amides is 2. The molecule has 1 aromatic rings. The van der Waals surface area contributed by atoms with Crippen LogP contribution in [0.25, 0.3) is 0 Å². The number of halogens is 1. The van der Waals surface area contributed by atoms with E-state index in [0.717, 1.165) is 6.26 Å². The molecule has 0 unspecified atom stereocenters. The minimum absolute atomic E-state index is 0.107. The van der Waals surface area contributed by atoms with Crippen molar-refractivity contribution in [2.45, 2.75) is 12.8 Å². The predicted molar refractivity (Wildman–Crippen MR) is 72.3 cm³/mol. The van der Waals surface area contributed by atoms with Crippen molar-refractivity contribution in [1.29, 1.82) is 0 Å². The van der Waals surface area contributed by atoms with E-state index in [1.54, 1.807) is 29.0 Å². The van der Waals surface area contributed by atoms with Gasteiger partial charge in [0.05, 0.1) is 6.26 Å². The lowest BCUT2D eigenvalue weighted by Crippen LogP contribution is -2.30. The number of hydrogen-bond donors (Lipinski definition) is 2. The molecule has 1 rings (SSSR count). The first kappa shape index (κ1) is 15.5. The molecule has 0 aliphatic rings. The molecule has 0 fully saturated rings. The van der Waals surface area contributed by atoms with Crippen molar-refractivity contribution in [2.75, 3.05) is 11.6 Å². The number of benzene rings is 1. The Morgan fingerprint density at radius 2 is 1.63 bits per heavy atom. The standard InChI is InChI=1S/C11H13ClN2O4S/c1-19(17,18)14-11(16)7-6-10(15)13-9-4-2-8(12)3-5-9/h2-5H,6-7H2,1H3,(H,13,15)(H,14,16). The summed E-state index contributed by atoms with van der Waals surface area (Å²) in [5.41, 5.74) is 0.554. The summed E-state index contributed by atoms with van der Waals surface area (Å²) in [6.07, 6.45) is 0.565. The maximum Gasteiger partial charge on any atom is 0.233 e. The molecular formula is C11H13ClN2O4S. The minimum Gasteiger partial charge on any atom is -0.326 e. The van der Waals surface area contributed by atoms with E-state index in [1.807, 2.05) is 0 Å². The zero-order valence-electron chi connectivity index (χ0n) is 10.1. The van der Waals surface area contributed by atoms with Gasteiger partial charge in [-0.15, -0.1) is 0 Å². The van der Waals surface area contributed by atoms with Gasteiger partial charge in [-0.05, 0) is 24.3 Å². The number of nitrogens with one attached hydrogen (secondary N) is 2. The molecule has 104 valence electrons. The molecule has 6 nitrogen and oxygen atoms in total. The third-order valence-corrected chi connectivity index (χ3v) is 2.86. The molecule has 0 heterocycles. The molecule has 0 saturated carbocycles. The number of anilines is 1. The van der Waals surface area contributed by atoms with Gasteiger partial charge in [0.15, 0.2) is 0 Å². The van der Waals surface area contributed by atoms with E-state index in [2.05, 4.69) is 5.32 Å². The van der Waals surface area contributed by atoms with Crippen LogP contribution in [0.5, 0.6) is 0 Å². The van der Waals surface area contributed by atoms with Gasteiger partial charge >= 0.3 is 0 Å². The number of hydrogen-bond acceptors (Lipinski definition) is 4. The summed E-state index contributed by atoms with van der Waals surface area (Å²) in [6.45, 7) is 0. The SMILES string of the molecule is CS(=O)(=O)NC(=O)CCC(=O)Nc1ccc(Cl)cc1. The molecule has 0 saturated heterocycles. The van der Waals surface area contributed by atoms with Crippen LogP contribution in [-0.2, 0) is 19.6 Å². The van der Waals surface area contributed by atoms with Crippen molar-refractivity contribution in [3.63, 3.8) is 0 Å². The molecular weight excluding hydrogens is 292 g/mol. The Kier molecular flexibility index (Phi) is 5.31. The summed E-state index contributed by atoms with van der Waals surface area (Å²) >= 11 is 5.69. The normalized spacial score (nSPS) is 10.8. The monoisotopic (exact) mass is 304 g/mol. The van der Waals surface area contributed by atoms with Crippen LogP contribution in [0.2, 0.25) is 5.02 Å². The first-order valence-electron chi connectivity index (χ1n) is 5.32. The molecule has 1 aromatic carbocycles. The zero-order valence-corrected chi connectivity index (χ0v) is 11.7. The Morgan fingerprint density at radius 1 is 1.11 bits per heavy atom. The van der Waals surface area contributed by atoms with Crippen LogP contribution in [0.1, 0.15) is 12.8 Å². The summed E-state index contributed by atoms with van der Waals surface area (Å²) in [7, 11) is -3.58. The molecule has 0 aromatic heterocycles. The third-order valence-electron chi connectivity index (χ3n) is 2.01. The molecule has 2 amide bonds. The van der Waals surface area contributed by atoms with E-state index in [0.29, 0.717) is 10.7 Å². The fourth-order valence-corrected chi connectivity index (χ4v) is 1.88. The highest BCUT2D eigenvalue weighted by atomic mass is 35.5. The highest BCUT2D eigenvalue weighted by Crippen LogP contribution is 2.13. The summed E-state index contributed by atoms with van der Waals surface area (Å²) in [5, 5.41) is 3.11. The molecule has 19 heavy (non-hydrogen) atoms. The Hall–Kier alpha value is -1.60. The van der Waals surface area contributed by atoms with Gasteiger partial charge in [0.1, 0.15) is 0 Å². The maximum atomic E-state index is 11.5. The van der Waals surface area contributed by atoms with Crippen LogP contribution >= 0.6 is 11.6 Å². The molecule has 8 heteroatoms. The van der Waals surface area contributed by atoms with Gasteiger partial charge in [-0.2, -0.15) is 0 Å². The largest absolute Gasteiger partial charge is 0.326 e. The van der Waals surface area contributed by atoms with Crippen LogP contribution < -0.4 is 10.0 Å². The Bertz CT molecular complexity index is 569. The Labute approximate surface area is 116 Å². The van der Waals surface area contributed by atoms with Gasteiger partial charge in [-0.3, -0.25) is 14.3 Å². The van der Waals surface area contributed by atoms with Crippen LogP contribution in [0, 0.1) is 0 Å². The number of carbonyl (C=O) groups excluding carboxylic acids is 2. The second kappa shape index (κ2) is 6.53. The fraction of sp³-hybridized carbons (Fsp3) is 0.273.